The topological polar surface area (TPSA) is 55.6 Å². The Labute approximate surface area is 185 Å². The molecule has 0 aliphatic carbocycles. The molecule has 0 spiro atoms. The summed E-state index contributed by atoms with van der Waals surface area (Å²) >= 11 is 1.60. The van der Waals surface area contributed by atoms with Crippen molar-refractivity contribution in [2.24, 2.45) is 0 Å². The molecular formula is C25H21N5S. The fraction of sp³-hybridized carbons (Fsp3) is 0.0800. The number of aromatic nitrogens is 4. The summed E-state index contributed by atoms with van der Waals surface area (Å²) in [6.07, 6.45) is 1.94. The van der Waals surface area contributed by atoms with E-state index in [2.05, 4.69) is 65.2 Å². The second-order valence-electron chi connectivity index (χ2n) is 7.50. The van der Waals surface area contributed by atoms with Crippen molar-refractivity contribution in [1.29, 1.82) is 0 Å². The lowest BCUT2D eigenvalue weighted by Crippen LogP contribution is -1.94. The highest BCUT2D eigenvalue weighted by atomic mass is 32.1. The van der Waals surface area contributed by atoms with Crippen LogP contribution in [0.3, 0.4) is 0 Å². The third-order valence-electron chi connectivity index (χ3n) is 4.97. The van der Waals surface area contributed by atoms with Gasteiger partial charge in [-0.2, -0.15) is 0 Å². The molecule has 6 heteroatoms. The van der Waals surface area contributed by atoms with Gasteiger partial charge in [0.15, 0.2) is 5.13 Å². The standard InChI is InChI=1S/C25H21N5S/c1-17-12-18(2)14-21(13-17)26-25-27-24(16-31-25)20-8-10-22(11-9-20)30-15-23(28-29-30)19-6-4-3-5-7-19/h3-16H,1-2H3,(H,26,27). The van der Waals surface area contributed by atoms with Crippen molar-refractivity contribution in [3.05, 3.63) is 95.5 Å². The summed E-state index contributed by atoms with van der Waals surface area (Å²) in [6.45, 7) is 4.20. The number of hydrogen-bond acceptors (Lipinski definition) is 5. The monoisotopic (exact) mass is 423 g/mol. The number of benzene rings is 3. The Morgan fingerprint density at radius 1 is 0.806 bits per heavy atom. The summed E-state index contributed by atoms with van der Waals surface area (Å²) in [5.74, 6) is 0. The van der Waals surface area contributed by atoms with E-state index in [9.17, 15) is 0 Å². The van der Waals surface area contributed by atoms with E-state index in [-0.39, 0.29) is 0 Å². The van der Waals surface area contributed by atoms with Gasteiger partial charge in [0.2, 0.25) is 0 Å². The van der Waals surface area contributed by atoms with Gasteiger partial charge in [-0.3, -0.25) is 0 Å². The second-order valence-corrected chi connectivity index (χ2v) is 8.36. The highest BCUT2D eigenvalue weighted by molar-refractivity contribution is 7.14. The molecule has 31 heavy (non-hydrogen) atoms. The summed E-state index contributed by atoms with van der Waals surface area (Å²) in [7, 11) is 0. The van der Waals surface area contributed by atoms with Crippen LogP contribution in [0.15, 0.2) is 84.4 Å². The van der Waals surface area contributed by atoms with Gasteiger partial charge in [0.05, 0.1) is 17.6 Å². The predicted octanol–water partition coefficient (Wildman–Crippen LogP) is 6.42. The molecule has 0 radical (unpaired) electrons. The number of thiazole rings is 1. The van der Waals surface area contributed by atoms with E-state index in [1.807, 2.05) is 48.7 Å². The van der Waals surface area contributed by atoms with Crippen LogP contribution >= 0.6 is 11.3 Å². The Balaban J connectivity index is 1.33. The first-order valence-corrected chi connectivity index (χ1v) is 10.9. The number of aryl methyl sites for hydroxylation is 2. The van der Waals surface area contributed by atoms with Crippen LogP contribution in [0.25, 0.3) is 28.2 Å². The Bertz CT molecular complexity index is 1300. The van der Waals surface area contributed by atoms with Crippen molar-refractivity contribution in [3.63, 3.8) is 0 Å². The Hall–Kier alpha value is -3.77. The fourth-order valence-corrected chi connectivity index (χ4v) is 4.29. The van der Waals surface area contributed by atoms with Crippen molar-refractivity contribution < 1.29 is 0 Å². The predicted molar refractivity (Wildman–Crippen MR) is 127 cm³/mol. The van der Waals surface area contributed by atoms with Crippen LogP contribution in [0.5, 0.6) is 0 Å². The molecule has 0 amide bonds. The molecule has 0 bridgehead atoms. The molecule has 0 unspecified atom stereocenters. The molecular weight excluding hydrogens is 402 g/mol. The van der Waals surface area contributed by atoms with E-state index in [0.29, 0.717) is 0 Å². The van der Waals surface area contributed by atoms with E-state index in [4.69, 9.17) is 4.98 Å². The molecule has 1 N–H and O–H groups in total. The maximum atomic E-state index is 4.75. The molecule has 0 saturated carbocycles. The quantitative estimate of drug-likeness (QED) is 0.354. The molecule has 5 nitrogen and oxygen atoms in total. The molecule has 0 aliphatic heterocycles. The molecule has 0 atom stereocenters. The first kappa shape index (κ1) is 19.2. The van der Waals surface area contributed by atoms with Crippen LogP contribution in [-0.4, -0.2) is 20.0 Å². The number of nitrogens with one attached hydrogen (secondary N) is 1. The highest BCUT2D eigenvalue weighted by Crippen LogP contribution is 2.28. The van der Waals surface area contributed by atoms with Gasteiger partial charge in [0.25, 0.3) is 0 Å². The molecule has 0 fully saturated rings. The van der Waals surface area contributed by atoms with Crippen molar-refractivity contribution in [2.45, 2.75) is 13.8 Å². The molecule has 2 heterocycles. The average Bonchev–Trinajstić information content (AvgIpc) is 3.44. The van der Waals surface area contributed by atoms with Crippen LogP contribution in [0.1, 0.15) is 11.1 Å². The fourth-order valence-electron chi connectivity index (χ4n) is 3.55. The lowest BCUT2D eigenvalue weighted by atomic mass is 10.1. The molecule has 152 valence electrons. The Morgan fingerprint density at radius 3 is 2.26 bits per heavy atom. The number of hydrogen-bond donors (Lipinski definition) is 1. The number of nitrogens with zero attached hydrogens (tertiary/aromatic N) is 4. The van der Waals surface area contributed by atoms with E-state index in [1.165, 1.54) is 11.1 Å². The van der Waals surface area contributed by atoms with Crippen molar-refractivity contribution >= 4 is 22.2 Å². The zero-order valence-corrected chi connectivity index (χ0v) is 18.1. The smallest absolute Gasteiger partial charge is 0.187 e. The maximum Gasteiger partial charge on any atom is 0.187 e. The van der Waals surface area contributed by atoms with Crippen LogP contribution in [-0.2, 0) is 0 Å². The van der Waals surface area contributed by atoms with Crippen LogP contribution < -0.4 is 5.32 Å². The zero-order chi connectivity index (χ0) is 21.2. The van der Waals surface area contributed by atoms with Gasteiger partial charge in [-0.05, 0) is 49.2 Å². The van der Waals surface area contributed by atoms with E-state index < -0.39 is 0 Å². The lowest BCUT2D eigenvalue weighted by molar-refractivity contribution is 0.804. The SMILES string of the molecule is Cc1cc(C)cc(Nc2nc(-c3ccc(-n4cc(-c5ccccc5)nn4)cc3)cs2)c1. The van der Waals surface area contributed by atoms with Gasteiger partial charge in [-0.25, -0.2) is 9.67 Å². The second kappa shape index (κ2) is 8.16. The molecule has 3 aromatic carbocycles. The third-order valence-corrected chi connectivity index (χ3v) is 5.73. The van der Waals surface area contributed by atoms with E-state index >= 15 is 0 Å². The van der Waals surface area contributed by atoms with E-state index in [0.717, 1.165) is 39.0 Å². The van der Waals surface area contributed by atoms with Crippen LogP contribution in [0.4, 0.5) is 10.8 Å². The summed E-state index contributed by atoms with van der Waals surface area (Å²) in [6, 6.07) is 24.7. The first-order chi connectivity index (χ1) is 15.1. The van der Waals surface area contributed by atoms with Gasteiger partial charge in [-0.1, -0.05) is 53.7 Å². The van der Waals surface area contributed by atoms with Gasteiger partial charge in [0, 0.05) is 22.2 Å². The molecule has 0 aliphatic rings. The largest absolute Gasteiger partial charge is 0.332 e. The number of rotatable bonds is 5. The van der Waals surface area contributed by atoms with Crippen molar-refractivity contribution in [3.8, 4) is 28.2 Å². The highest BCUT2D eigenvalue weighted by Gasteiger charge is 2.08. The van der Waals surface area contributed by atoms with Gasteiger partial charge < -0.3 is 5.32 Å². The van der Waals surface area contributed by atoms with Crippen LogP contribution in [0.2, 0.25) is 0 Å². The lowest BCUT2D eigenvalue weighted by Gasteiger charge is -2.05. The average molecular weight is 424 g/mol. The van der Waals surface area contributed by atoms with Gasteiger partial charge in [-0.15, -0.1) is 16.4 Å². The summed E-state index contributed by atoms with van der Waals surface area (Å²) in [5, 5.41) is 14.9. The van der Waals surface area contributed by atoms with Crippen LogP contribution in [0, 0.1) is 13.8 Å². The van der Waals surface area contributed by atoms with Crippen molar-refractivity contribution in [1.82, 2.24) is 20.0 Å². The minimum atomic E-state index is 0.853. The Morgan fingerprint density at radius 2 is 1.52 bits per heavy atom. The van der Waals surface area contributed by atoms with Gasteiger partial charge in [0.1, 0.15) is 5.69 Å². The normalized spacial score (nSPS) is 10.9. The minimum Gasteiger partial charge on any atom is -0.332 e. The molecule has 5 rings (SSSR count). The molecule has 0 saturated heterocycles. The number of anilines is 2. The van der Waals surface area contributed by atoms with Crippen molar-refractivity contribution in [2.75, 3.05) is 5.32 Å². The summed E-state index contributed by atoms with van der Waals surface area (Å²) < 4.78 is 1.79. The van der Waals surface area contributed by atoms with E-state index in [1.54, 1.807) is 16.0 Å². The zero-order valence-electron chi connectivity index (χ0n) is 17.3. The maximum absolute atomic E-state index is 4.75. The third kappa shape index (κ3) is 4.25. The minimum absolute atomic E-state index is 0.853. The molecule has 2 aromatic heterocycles. The van der Waals surface area contributed by atoms with Gasteiger partial charge >= 0.3 is 0 Å². The summed E-state index contributed by atoms with van der Waals surface area (Å²) in [4.78, 5) is 4.75. The summed E-state index contributed by atoms with van der Waals surface area (Å²) in [5.41, 5.74) is 8.42. The molecule has 5 aromatic rings. The Kier molecular flexibility index (Phi) is 5.06. The first-order valence-electron chi connectivity index (χ1n) is 10.0.